The second-order valence-electron chi connectivity index (χ2n) is 13.1. The molecule has 0 saturated carbocycles. The minimum Gasteiger partial charge on any atom is -0.497 e. The minimum atomic E-state index is -1.11. The number of hydrogen-bond donors (Lipinski definition) is 2. The van der Waals surface area contributed by atoms with Gasteiger partial charge in [0.25, 0.3) is 0 Å². The first-order valence-corrected chi connectivity index (χ1v) is 16.6. The fraction of sp³-hybridized carbons (Fsp3) is 0.639. The third-order valence-corrected chi connectivity index (χ3v) is 9.52. The first-order valence-electron chi connectivity index (χ1n) is 16.6. The molecule has 4 rings (SSSR count). The number of nitrogens with zero attached hydrogens (tertiary/aromatic N) is 2. The van der Waals surface area contributed by atoms with Crippen LogP contribution < -0.4 is 20.1 Å². The molecule has 3 N–H and O–H groups in total. The number of benzene rings is 2. The number of aliphatic hydroxyl groups is 1. The van der Waals surface area contributed by atoms with E-state index in [1.807, 2.05) is 36.9 Å². The highest BCUT2D eigenvalue weighted by molar-refractivity contribution is 5.82. The van der Waals surface area contributed by atoms with Crippen LogP contribution in [0.15, 0.2) is 42.5 Å². The van der Waals surface area contributed by atoms with Crippen LogP contribution in [0.5, 0.6) is 11.5 Å². The van der Waals surface area contributed by atoms with Gasteiger partial charge < -0.3 is 44.3 Å². The fourth-order valence-corrected chi connectivity index (χ4v) is 6.69. The highest BCUT2D eigenvalue weighted by Crippen LogP contribution is 2.39. The van der Waals surface area contributed by atoms with Crippen molar-refractivity contribution in [3.8, 4) is 11.5 Å². The summed E-state index contributed by atoms with van der Waals surface area (Å²) in [5, 5.41) is 11.2. The molecule has 10 nitrogen and oxygen atoms in total. The standard InChI is InChI=1S/C36H55N3O7/c1-7-25(2)34(37)35(40)39-22-33(46-23-26-9-14-32-31(19-26)38(16-18-45-32)15-8-17-42-4)30(27-10-12-29(44-6)13-11-27)20-28(39)21-36(3,41)24-43-5/h9-14,19,25,28,30,33-34,41H,7-8,15-18,20-24,37H2,1-6H3/t25-,28+,30+,33-,34-,36?/m0/s1. The number of ether oxygens (including phenoxy) is 5. The number of anilines is 1. The van der Waals surface area contributed by atoms with Gasteiger partial charge in [-0.3, -0.25) is 4.79 Å². The molecule has 10 heteroatoms. The van der Waals surface area contributed by atoms with E-state index in [4.69, 9.17) is 29.4 Å². The number of carbonyl (C=O) groups is 1. The number of likely N-dealkylation sites (tertiary alicyclic amines) is 1. The van der Waals surface area contributed by atoms with E-state index in [0.29, 0.717) is 39.2 Å². The van der Waals surface area contributed by atoms with Crippen LogP contribution in [0, 0.1) is 5.92 Å². The Morgan fingerprint density at radius 2 is 1.91 bits per heavy atom. The van der Waals surface area contributed by atoms with Gasteiger partial charge in [0.05, 0.1) is 50.3 Å². The summed E-state index contributed by atoms with van der Waals surface area (Å²) >= 11 is 0. The molecule has 0 radical (unpaired) electrons. The van der Waals surface area contributed by atoms with Crippen molar-refractivity contribution in [2.24, 2.45) is 11.7 Å². The normalized spacial score (nSPS) is 22.4. The summed E-state index contributed by atoms with van der Waals surface area (Å²) in [6.07, 6.45) is 2.41. The highest BCUT2D eigenvalue weighted by atomic mass is 16.5. The summed E-state index contributed by atoms with van der Waals surface area (Å²) in [7, 11) is 4.96. The SMILES string of the molecule is CC[C@H](C)[C@H](N)C(=O)N1C[C@H](OCc2ccc3c(c2)N(CCCOC)CCO3)[C@@H](c2ccc(OC)cc2)C[C@@H]1CC(C)(O)COC. The van der Waals surface area contributed by atoms with Gasteiger partial charge in [0, 0.05) is 45.9 Å². The quantitative estimate of drug-likeness (QED) is 0.258. The van der Waals surface area contributed by atoms with Crippen LogP contribution in [0.1, 0.15) is 63.5 Å². The lowest BCUT2D eigenvalue weighted by Gasteiger charge is -2.47. The summed E-state index contributed by atoms with van der Waals surface area (Å²) in [4.78, 5) is 18.2. The lowest BCUT2D eigenvalue weighted by atomic mass is 9.79. The molecule has 6 atom stereocenters. The van der Waals surface area contributed by atoms with Crippen molar-refractivity contribution >= 4 is 11.6 Å². The number of piperidine rings is 1. The van der Waals surface area contributed by atoms with Gasteiger partial charge in [-0.25, -0.2) is 0 Å². The topological polar surface area (TPSA) is 116 Å². The number of carbonyl (C=O) groups excluding carboxylic acids is 1. The van der Waals surface area contributed by atoms with Gasteiger partial charge in [0.2, 0.25) is 5.91 Å². The molecule has 2 aromatic carbocycles. The van der Waals surface area contributed by atoms with Crippen LogP contribution in [0.25, 0.3) is 0 Å². The van der Waals surface area contributed by atoms with Crippen LogP contribution in [-0.2, 0) is 25.6 Å². The van der Waals surface area contributed by atoms with Gasteiger partial charge in [-0.15, -0.1) is 0 Å². The first kappa shape index (κ1) is 36.0. The van der Waals surface area contributed by atoms with Crippen molar-refractivity contribution in [3.63, 3.8) is 0 Å². The molecule has 2 aliphatic heterocycles. The number of rotatable bonds is 16. The molecule has 1 amide bonds. The summed E-state index contributed by atoms with van der Waals surface area (Å²) < 4.78 is 28.7. The Hall–Kier alpha value is -2.89. The maximum absolute atomic E-state index is 14.0. The van der Waals surface area contributed by atoms with E-state index >= 15 is 0 Å². The maximum Gasteiger partial charge on any atom is 0.240 e. The molecule has 2 aromatic rings. The third kappa shape index (κ3) is 9.13. The molecule has 0 bridgehead atoms. The first-order chi connectivity index (χ1) is 22.1. The van der Waals surface area contributed by atoms with Crippen molar-refractivity contribution in [1.29, 1.82) is 0 Å². The van der Waals surface area contributed by atoms with Gasteiger partial charge in [0.1, 0.15) is 18.1 Å². The molecule has 256 valence electrons. The summed E-state index contributed by atoms with van der Waals surface area (Å²) in [6.45, 7) is 9.80. The molecular formula is C36H55N3O7. The minimum absolute atomic E-state index is 0.0235. The zero-order chi connectivity index (χ0) is 33.3. The van der Waals surface area contributed by atoms with Crippen molar-refractivity contribution in [2.75, 3.05) is 65.7 Å². The predicted octanol–water partition coefficient (Wildman–Crippen LogP) is 4.36. The Balaban J connectivity index is 1.63. The zero-order valence-corrected chi connectivity index (χ0v) is 28.6. The summed E-state index contributed by atoms with van der Waals surface area (Å²) in [5.41, 5.74) is 8.63. The molecule has 46 heavy (non-hydrogen) atoms. The molecule has 0 aliphatic carbocycles. The molecule has 1 unspecified atom stereocenters. The van der Waals surface area contributed by atoms with E-state index in [0.717, 1.165) is 54.2 Å². The average Bonchev–Trinajstić information content (AvgIpc) is 3.06. The fourth-order valence-electron chi connectivity index (χ4n) is 6.69. The molecular weight excluding hydrogens is 586 g/mol. The van der Waals surface area contributed by atoms with E-state index in [1.54, 1.807) is 28.3 Å². The monoisotopic (exact) mass is 641 g/mol. The van der Waals surface area contributed by atoms with E-state index in [-0.39, 0.29) is 36.5 Å². The van der Waals surface area contributed by atoms with Crippen LogP contribution in [0.3, 0.4) is 0 Å². The lowest BCUT2D eigenvalue weighted by molar-refractivity contribution is -0.146. The van der Waals surface area contributed by atoms with Gasteiger partial charge >= 0.3 is 0 Å². The van der Waals surface area contributed by atoms with E-state index in [1.165, 1.54) is 0 Å². The van der Waals surface area contributed by atoms with Gasteiger partial charge in [-0.2, -0.15) is 0 Å². The Morgan fingerprint density at radius 1 is 1.15 bits per heavy atom. The Labute approximate surface area is 275 Å². The molecule has 1 fully saturated rings. The van der Waals surface area contributed by atoms with E-state index in [9.17, 15) is 9.90 Å². The summed E-state index contributed by atoms with van der Waals surface area (Å²) in [6, 6.07) is 13.4. The maximum atomic E-state index is 14.0. The van der Waals surface area contributed by atoms with Crippen molar-refractivity contribution in [3.05, 3.63) is 53.6 Å². The Kier molecular flexibility index (Phi) is 13.1. The van der Waals surface area contributed by atoms with Gasteiger partial charge in [0.15, 0.2) is 0 Å². The van der Waals surface area contributed by atoms with Crippen molar-refractivity contribution < 1.29 is 33.6 Å². The average molecular weight is 642 g/mol. The van der Waals surface area contributed by atoms with Crippen LogP contribution in [-0.4, -0.2) is 100 Å². The number of methoxy groups -OCH3 is 3. The smallest absolute Gasteiger partial charge is 0.240 e. The van der Waals surface area contributed by atoms with Crippen molar-refractivity contribution in [2.45, 2.75) is 82.8 Å². The predicted molar refractivity (Wildman–Crippen MR) is 180 cm³/mol. The van der Waals surface area contributed by atoms with Crippen molar-refractivity contribution in [1.82, 2.24) is 4.90 Å². The van der Waals surface area contributed by atoms with E-state index < -0.39 is 11.6 Å². The van der Waals surface area contributed by atoms with Crippen LogP contribution >= 0.6 is 0 Å². The van der Waals surface area contributed by atoms with Gasteiger partial charge in [-0.1, -0.05) is 38.5 Å². The molecule has 1 saturated heterocycles. The van der Waals surface area contributed by atoms with E-state index in [2.05, 4.69) is 29.2 Å². The number of fused-ring (bicyclic) bond motifs is 1. The van der Waals surface area contributed by atoms with Gasteiger partial charge in [-0.05, 0) is 67.5 Å². The second-order valence-corrected chi connectivity index (χ2v) is 13.1. The Morgan fingerprint density at radius 3 is 2.59 bits per heavy atom. The summed E-state index contributed by atoms with van der Waals surface area (Å²) in [5.74, 6) is 1.55. The zero-order valence-electron chi connectivity index (χ0n) is 28.6. The Bertz CT molecular complexity index is 1240. The number of hydrogen-bond acceptors (Lipinski definition) is 9. The third-order valence-electron chi connectivity index (χ3n) is 9.52. The van der Waals surface area contributed by atoms with Crippen LogP contribution in [0.2, 0.25) is 0 Å². The molecule has 2 aliphatic rings. The highest BCUT2D eigenvalue weighted by Gasteiger charge is 2.43. The second kappa shape index (κ2) is 16.8. The molecule has 0 spiro atoms. The number of nitrogens with two attached hydrogens (primary N) is 1. The van der Waals surface area contributed by atoms with Crippen LogP contribution in [0.4, 0.5) is 5.69 Å². The molecule has 2 heterocycles. The number of amides is 1. The molecule has 0 aromatic heterocycles. The largest absolute Gasteiger partial charge is 0.497 e. The lowest BCUT2D eigenvalue weighted by Crippen LogP contribution is -2.59.